The summed E-state index contributed by atoms with van der Waals surface area (Å²) in [4.78, 5) is 11.6. The number of hydrogen-bond acceptors (Lipinski definition) is 5. The first-order valence-corrected chi connectivity index (χ1v) is 7.92. The van der Waals surface area contributed by atoms with Crippen LogP contribution in [0.25, 0.3) is 0 Å². The Kier molecular flexibility index (Phi) is 4.61. The van der Waals surface area contributed by atoms with Gasteiger partial charge in [-0.25, -0.2) is 13.1 Å². The monoisotopic (exact) mass is 299 g/mol. The van der Waals surface area contributed by atoms with Gasteiger partial charge in [-0.15, -0.1) is 0 Å². The summed E-state index contributed by atoms with van der Waals surface area (Å²) in [7, 11) is -3.87. The zero-order valence-corrected chi connectivity index (χ0v) is 11.7. The van der Waals surface area contributed by atoms with E-state index in [0.717, 1.165) is 12.8 Å². The van der Waals surface area contributed by atoms with Crippen molar-refractivity contribution in [3.63, 3.8) is 0 Å². The van der Waals surface area contributed by atoms with Crippen LogP contribution in [0.2, 0.25) is 0 Å². The van der Waals surface area contributed by atoms with Gasteiger partial charge in [0.2, 0.25) is 5.91 Å². The molecule has 1 unspecified atom stereocenters. The van der Waals surface area contributed by atoms with Gasteiger partial charge in [0, 0.05) is 13.0 Å². The molecule has 1 aliphatic heterocycles. The van der Waals surface area contributed by atoms with E-state index in [4.69, 9.17) is 9.84 Å². The van der Waals surface area contributed by atoms with Crippen LogP contribution >= 0.6 is 0 Å². The molecule has 0 bridgehead atoms. The molecule has 110 valence electrons. The van der Waals surface area contributed by atoms with Gasteiger partial charge in [0.1, 0.15) is 5.75 Å². The maximum absolute atomic E-state index is 11.9. The van der Waals surface area contributed by atoms with Crippen molar-refractivity contribution in [3.05, 3.63) is 24.3 Å². The number of carbonyl (C=O) groups is 1. The molecule has 7 heteroatoms. The molecule has 2 rings (SSSR count). The maximum atomic E-state index is 11.9. The zero-order chi connectivity index (χ0) is 14.6. The maximum Gasteiger partial charge on any atom is 0.264 e. The van der Waals surface area contributed by atoms with Crippen molar-refractivity contribution in [2.75, 3.05) is 6.61 Å². The van der Waals surface area contributed by atoms with E-state index in [1.54, 1.807) is 0 Å². The van der Waals surface area contributed by atoms with E-state index in [1.807, 2.05) is 4.72 Å². The number of hydrogen-bond donors (Lipinski definition) is 2. The van der Waals surface area contributed by atoms with E-state index < -0.39 is 15.9 Å². The number of benzene rings is 1. The molecule has 20 heavy (non-hydrogen) atoms. The zero-order valence-electron chi connectivity index (χ0n) is 10.9. The van der Waals surface area contributed by atoms with Crippen LogP contribution in [0, 0.1) is 0 Å². The van der Waals surface area contributed by atoms with Gasteiger partial charge < -0.3 is 9.84 Å². The SMILES string of the molecule is O=C(CCC1CCCO1)NS(=O)(=O)c1ccc(O)cc1. The summed E-state index contributed by atoms with van der Waals surface area (Å²) in [5.74, 6) is -0.581. The molecule has 2 N–H and O–H groups in total. The Balaban J connectivity index is 1.90. The standard InChI is InChI=1S/C13H17NO5S/c15-10-3-6-12(7-4-10)20(17,18)14-13(16)8-5-11-2-1-9-19-11/h3-4,6-7,11,15H,1-2,5,8-9H2,(H,14,16). The van der Waals surface area contributed by atoms with Crippen LogP contribution in [0.5, 0.6) is 5.75 Å². The fourth-order valence-electron chi connectivity index (χ4n) is 2.05. The number of amides is 1. The van der Waals surface area contributed by atoms with Gasteiger partial charge in [-0.3, -0.25) is 4.79 Å². The minimum atomic E-state index is -3.87. The average molecular weight is 299 g/mol. The molecule has 1 aromatic rings. The van der Waals surface area contributed by atoms with E-state index in [1.165, 1.54) is 24.3 Å². The number of rotatable bonds is 5. The van der Waals surface area contributed by atoms with Crippen LogP contribution in [-0.2, 0) is 19.6 Å². The highest BCUT2D eigenvalue weighted by molar-refractivity contribution is 7.90. The Labute approximate surface area is 117 Å². The Hall–Kier alpha value is -1.60. The van der Waals surface area contributed by atoms with Crippen LogP contribution in [0.15, 0.2) is 29.2 Å². The molecule has 0 radical (unpaired) electrons. The summed E-state index contributed by atoms with van der Waals surface area (Å²) in [6.07, 6.45) is 2.59. The highest BCUT2D eigenvalue weighted by Gasteiger charge is 2.20. The number of phenolic OH excluding ortho intramolecular Hbond substituents is 1. The normalized spacial score (nSPS) is 18.9. The fraction of sp³-hybridized carbons (Fsp3) is 0.462. The summed E-state index contributed by atoms with van der Waals surface area (Å²) in [5.41, 5.74) is 0. The lowest BCUT2D eigenvalue weighted by atomic mass is 10.1. The lowest BCUT2D eigenvalue weighted by Gasteiger charge is -2.10. The molecular weight excluding hydrogens is 282 g/mol. The molecular formula is C13H17NO5S. The van der Waals surface area contributed by atoms with Gasteiger partial charge in [0.05, 0.1) is 11.0 Å². The summed E-state index contributed by atoms with van der Waals surface area (Å²) >= 11 is 0. The van der Waals surface area contributed by atoms with E-state index in [2.05, 4.69) is 0 Å². The topological polar surface area (TPSA) is 92.7 Å². The first-order valence-electron chi connectivity index (χ1n) is 6.44. The van der Waals surface area contributed by atoms with Gasteiger partial charge in [-0.1, -0.05) is 0 Å². The summed E-state index contributed by atoms with van der Waals surface area (Å²) < 4.78 is 31.2. The molecule has 0 saturated carbocycles. The number of ether oxygens (including phenoxy) is 1. The molecule has 1 heterocycles. The lowest BCUT2D eigenvalue weighted by molar-refractivity contribution is -0.119. The predicted molar refractivity (Wildman–Crippen MR) is 71.6 cm³/mol. The number of phenols is 1. The molecule has 1 fully saturated rings. The van der Waals surface area contributed by atoms with Crippen molar-refractivity contribution in [2.24, 2.45) is 0 Å². The van der Waals surface area contributed by atoms with E-state index in [9.17, 15) is 13.2 Å². The Bertz CT molecular complexity index is 561. The van der Waals surface area contributed by atoms with Gasteiger partial charge in [0.15, 0.2) is 0 Å². The minimum absolute atomic E-state index is 0.0336. The van der Waals surface area contributed by atoms with Crippen molar-refractivity contribution >= 4 is 15.9 Å². The first-order chi connectivity index (χ1) is 9.47. The van der Waals surface area contributed by atoms with Crippen molar-refractivity contribution in [3.8, 4) is 5.75 Å². The van der Waals surface area contributed by atoms with Crippen LogP contribution in [0.3, 0.4) is 0 Å². The molecule has 0 spiro atoms. The van der Waals surface area contributed by atoms with Gasteiger partial charge >= 0.3 is 0 Å². The van der Waals surface area contributed by atoms with E-state index in [-0.39, 0.29) is 23.2 Å². The second-order valence-electron chi connectivity index (χ2n) is 4.70. The Morgan fingerprint density at radius 2 is 2.05 bits per heavy atom. The highest BCUT2D eigenvalue weighted by atomic mass is 32.2. The van der Waals surface area contributed by atoms with E-state index >= 15 is 0 Å². The molecule has 0 aromatic heterocycles. The number of aromatic hydroxyl groups is 1. The first kappa shape index (κ1) is 14.8. The molecule has 1 atom stereocenters. The summed E-state index contributed by atoms with van der Waals surface area (Å²) in [5, 5.41) is 9.11. The quantitative estimate of drug-likeness (QED) is 0.851. The van der Waals surface area contributed by atoms with Gasteiger partial charge in [-0.05, 0) is 43.5 Å². The van der Waals surface area contributed by atoms with Crippen molar-refractivity contribution in [2.45, 2.75) is 36.7 Å². The second-order valence-corrected chi connectivity index (χ2v) is 6.38. The number of sulfonamides is 1. The smallest absolute Gasteiger partial charge is 0.264 e. The molecule has 1 saturated heterocycles. The summed E-state index contributed by atoms with van der Waals surface area (Å²) in [6, 6.07) is 4.99. The average Bonchev–Trinajstić information content (AvgIpc) is 2.89. The Morgan fingerprint density at radius 1 is 1.35 bits per heavy atom. The third kappa shape index (κ3) is 3.94. The predicted octanol–water partition coefficient (Wildman–Crippen LogP) is 1.16. The van der Waals surface area contributed by atoms with Crippen LogP contribution in [0.1, 0.15) is 25.7 Å². The van der Waals surface area contributed by atoms with E-state index in [0.29, 0.717) is 13.0 Å². The number of nitrogens with one attached hydrogen (secondary N) is 1. The largest absolute Gasteiger partial charge is 0.508 e. The van der Waals surface area contributed by atoms with Gasteiger partial charge in [-0.2, -0.15) is 0 Å². The Morgan fingerprint density at radius 3 is 2.65 bits per heavy atom. The molecule has 1 aliphatic rings. The lowest BCUT2D eigenvalue weighted by Crippen LogP contribution is -2.31. The van der Waals surface area contributed by atoms with Crippen molar-refractivity contribution in [1.82, 2.24) is 4.72 Å². The fourth-order valence-corrected chi connectivity index (χ4v) is 3.06. The van der Waals surface area contributed by atoms with Gasteiger partial charge in [0.25, 0.3) is 10.0 Å². The molecule has 1 aromatic carbocycles. The van der Waals surface area contributed by atoms with Crippen LogP contribution in [-0.4, -0.2) is 32.1 Å². The van der Waals surface area contributed by atoms with Crippen molar-refractivity contribution < 1.29 is 23.1 Å². The molecule has 6 nitrogen and oxygen atoms in total. The van der Waals surface area contributed by atoms with Crippen molar-refractivity contribution in [1.29, 1.82) is 0 Å². The van der Waals surface area contributed by atoms with Crippen LogP contribution < -0.4 is 4.72 Å². The van der Waals surface area contributed by atoms with Crippen LogP contribution in [0.4, 0.5) is 0 Å². The molecule has 0 aliphatic carbocycles. The second kappa shape index (κ2) is 6.23. The third-order valence-corrected chi connectivity index (χ3v) is 4.50. The molecule has 1 amide bonds. The highest BCUT2D eigenvalue weighted by Crippen LogP contribution is 2.17. The third-order valence-electron chi connectivity index (χ3n) is 3.11. The minimum Gasteiger partial charge on any atom is -0.508 e. The number of carbonyl (C=O) groups excluding carboxylic acids is 1. The summed E-state index contributed by atoms with van der Waals surface area (Å²) in [6.45, 7) is 0.706.